The van der Waals surface area contributed by atoms with Crippen LogP contribution in [0.1, 0.15) is 68.7 Å². The van der Waals surface area contributed by atoms with Crippen LogP contribution >= 0.6 is 0 Å². The van der Waals surface area contributed by atoms with Gasteiger partial charge in [-0.1, -0.05) is 0 Å². The predicted molar refractivity (Wildman–Crippen MR) is 102 cm³/mol. The van der Waals surface area contributed by atoms with Gasteiger partial charge in [-0.3, -0.25) is 9.59 Å². The van der Waals surface area contributed by atoms with E-state index in [1.165, 1.54) is 0 Å². The highest BCUT2D eigenvalue weighted by Crippen LogP contribution is 2.13. The van der Waals surface area contributed by atoms with Crippen molar-refractivity contribution in [2.75, 3.05) is 6.54 Å². The second-order valence-corrected chi connectivity index (χ2v) is 9.30. The highest BCUT2D eigenvalue weighted by Gasteiger charge is 2.31. The molecule has 162 valence electrons. The highest BCUT2D eigenvalue weighted by molar-refractivity contribution is 5.90. The van der Waals surface area contributed by atoms with E-state index in [0.29, 0.717) is 0 Å². The van der Waals surface area contributed by atoms with Crippen LogP contribution in [0.5, 0.6) is 0 Å². The van der Waals surface area contributed by atoms with Crippen molar-refractivity contribution in [2.45, 2.75) is 91.6 Å². The smallest absolute Gasteiger partial charge is 0.408 e. The molecule has 0 radical (unpaired) electrons. The first kappa shape index (κ1) is 25.7. The average Bonchev–Trinajstić information content (AvgIpc) is 2.38. The maximum atomic E-state index is 12.4. The van der Waals surface area contributed by atoms with Gasteiger partial charge in [-0.05, 0) is 62.3 Å². The zero-order valence-electron chi connectivity index (χ0n) is 18.3. The summed E-state index contributed by atoms with van der Waals surface area (Å²) in [4.78, 5) is 48.2. The summed E-state index contributed by atoms with van der Waals surface area (Å²) >= 11 is 0. The summed E-state index contributed by atoms with van der Waals surface area (Å²) < 4.78 is 15.5. The van der Waals surface area contributed by atoms with Crippen LogP contribution in [0.3, 0.4) is 0 Å². The fourth-order valence-electron chi connectivity index (χ4n) is 1.83. The summed E-state index contributed by atoms with van der Waals surface area (Å²) in [5.41, 5.74) is -2.25. The molecule has 0 aliphatic heterocycles. The third kappa shape index (κ3) is 13.8. The number of rotatable bonds is 6. The molecule has 2 amide bonds. The van der Waals surface area contributed by atoms with Gasteiger partial charge in [0.05, 0.1) is 6.42 Å². The van der Waals surface area contributed by atoms with Gasteiger partial charge in [-0.2, -0.15) is 0 Å². The monoisotopic (exact) mass is 402 g/mol. The molecule has 0 aromatic heterocycles. The van der Waals surface area contributed by atoms with Crippen LogP contribution < -0.4 is 10.6 Å². The fourth-order valence-corrected chi connectivity index (χ4v) is 1.83. The number of nitrogens with one attached hydrogen (secondary N) is 2. The minimum Gasteiger partial charge on any atom is -0.460 e. The first-order chi connectivity index (χ1) is 12.4. The van der Waals surface area contributed by atoms with E-state index in [1.54, 1.807) is 62.3 Å². The van der Waals surface area contributed by atoms with Gasteiger partial charge >= 0.3 is 18.0 Å². The van der Waals surface area contributed by atoms with Crippen LogP contribution in [-0.4, -0.2) is 53.3 Å². The molecule has 0 spiro atoms. The molecular formula is C19H34N2O7. The summed E-state index contributed by atoms with van der Waals surface area (Å²) in [6, 6.07) is -1.25. The Morgan fingerprint density at radius 3 is 1.64 bits per heavy atom. The minimum absolute atomic E-state index is 0.398. The highest BCUT2D eigenvalue weighted by atomic mass is 16.6. The van der Waals surface area contributed by atoms with Crippen molar-refractivity contribution >= 4 is 23.9 Å². The molecule has 0 heterocycles. The van der Waals surface area contributed by atoms with E-state index in [1.807, 2.05) is 0 Å². The number of hydrogen-bond donors (Lipinski definition) is 2. The van der Waals surface area contributed by atoms with Gasteiger partial charge in [-0.15, -0.1) is 0 Å². The molecule has 0 rings (SSSR count). The molecule has 9 heteroatoms. The summed E-state index contributed by atoms with van der Waals surface area (Å²) in [6.45, 7) is 14.7. The summed E-state index contributed by atoms with van der Waals surface area (Å²) in [6.07, 6.45) is -1.17. The van der Waals surface area contributed by atoms with Gasteiger partial charge in [0, 0.05) is 0 Å². The largest absolute Gasteiger partial charge is 0.460 e. The molecule has 0 aliphatic carbocycles. The Kier molecular flexibility index (Phi) is 8.94. The first-order valence-electron chi connectivity index (χ1n) is 9.09. The van der Waals surface area contributed by atoms with Crippen molar-refractivity contribution in [2.24, 2.45) is 0 Å². The van der Waals surface area contributed by atoms with Gasteiger partial charge in [0.25, 0.3) is 0 Å². The van der Waals surface area contributed by atoms with Crippen molar-refractivity contribution < 1.29 is 33.4 Å². The molecule has 1 unspecified atom stereocenters. The third-order valence-electron chi connectivity index (χ3n) is 2.61. The molecule has 9 nitrogen and oxygen atoms in total. The van der Waals surface area contributed by atoms with Crippen LogP contribution in [0.2, 0.25) is 0 Å². The summed E-state index contributed by atoms with van der Waals surface area (Å²) in [5, 5.41) is 4.67. The van der Waals surface area contributed by atoms with Crippen LogP contribution in [0.25, 0.3) is 0 Å². The number of esters is 2. The Morgan fingerprint density at radius 2 is 1.21 bits per heavy atom. The predicted octanol–water partition coefficient (Wildman–Crippen LogP) is 2.07. The molecule has 0 aromatic carbocycles. The second-order valence-electron chi connectivity index (χ2n) is 9.30. The molecule has 0 saturated carbocycles. The van der Waals surface area contributed by atoms with Crippen molar-refractivity contribution in [3.8, 4) is 0 Å². The SMILES string of the molecule is CC(C)(C)OC(=O)CC(NC(=O)CNC(=O)OC(C)(C)C)C(=O)OC(C)(C)C. The molecule has 0 saturated heterocycles. The molecular weight excluding hydrogens is 368 g/mol. The van der Waals surface area contributed by atoms with E-state index < -0.39 is 59.7 Å². The number of carbonyl (C=O) groups is 4. The lowest BCUT2D eigenvalue weighted by atomic mass is 10.1. The van der Waals surface area contributed by atoms with Gasteiger partial charge in [-0.25, -0.2) is 9.59 Å². The lowest BCUT2D eigenvalue weighted by molar-refractivity contribution is -0.165. The Bertz CT molecular complexity index is 581. The van der Waals surface area contributed by atoms with E-state index >= 15 is 0 Å². The van der Waals surface area contributed by atoms with Crippen LogP contribution in [0.15, 0.2) is 0 Å². The molecule has 1 atom stereocenters. The quantitative estimate of drug-likeness (QED) is 0.515. The zero-order valence-corrected chi connectivity index (χ0v) is 18.3. The maximum absolute atomic E-state index is 12.4. The van der Waals surface area contributed by atoms with Crippen LogP contribution in [0, 0.1) is 0 Å². The summed E-state index contributed by atoms with van der Waals surface area (Å²) in [5.74, 6) is -2.11. The molecule has 0 aromatic rings. The standard InChI is InChI=1S/C19H34N2O7/c1-17(2,3)26-14(23)10-12(15(24)27-18(4,5)6)21-13(22)11-20-16(25)28-19(7,8)9/h12H,10-11H2,1-9H3,(H,20,25)(H,21,22). The molecule has 2 N–H and O–H groups in total. The topological polar surface area (TPSA) is 120 Å². The summed E-state index contributed by atoms with van der Waals surface area (Å²) in [7, 11) is 0. The Labute approximate surface area is 166 Å². The molecule has 0 aliphatic rings. The number of hydrogen-bond acceptors (Lipinski definition) is 7. The molecule has 0 bridgehead atoms. The van der Waals surface area contributed by atoms with E-state index in [9.17, 15) is 19.2 Å². The van der Waals surface area contributed by atoms with Gasteiger partial charge < -0.3 is 24.8 Å². The number of amides is 2. The minimum atomic E-state index is -1.25. The van der Waals surface area contributed by atoms with Gasteiger partial charge in [0.15, 0.2) is 0 Å². The van der Waals surface area contributed by atoms with Crippen LogP contribution in [-0.2, 0) is 28.6 Å². The van der Waals surface area contributed by atoms with Crippen molar-refractivity contribution in [1.29, 1.82) is 0 Å². The molecule has 28 heavy (non-hydrogen) atoms. The average molecular weight is 402 g/mol. The molecule has 0 fully saturated rings. The zero-order chi connectivity index (χ0) is 22.3. The normalized spacial score (nSPS) is 13.2. The third-order valence-corrected chi connectivity index (χ3v) is 2.61. The van der Waals surface area contributed by atoms with Crippen molar-refractivity contribution in [3.05, 3.63) is 0 Å². The Morgan fingerprint density at radius 1 is 0.750 bits per heavy atom. The fraction of sp³-hybridized carbons (Fsp3) is 0.789. The van der Waals surface area contributed by atoms with E-state index in [-0.39, 0.29) is 0 Å². The Hall–Kier alpha value is -2.32. The number of carbonyl (C=O) groups excluding carboxylic acids is 4. The number of alkyl carbamates (subject to hydrolysis) is 1. The maximum Gasteiger partial charge on any atom is 0.408 e. The van der Waals surface area contributed by atoms with E-state index in [2.05, 4.69) is 10.6 Å². The first-order valence-corrected chi connectivity index (χ1v) is 9.09. The van der Waals surface area contributed by atoms with E-state index in [0.717, 1.165) is 0 Å². The van der Waals surface area contributed by atoms with Crippen LogP contribution in [0.4, 0.5) is 4.79 Å². The Balaban J connectivity index is 4.96. The number of ether oxygens (including phenoxy) is 3. The lowest BCUT2D eigenvalue weighted by Crippen LogP contribution is -2.49. The second kappa shape index (κ2) is 9.75. The van der Waals surface area contributed by atoms with Crippen molar-refractivity contribution in [3.63, 3.8) is 0 Å². The van der Waals surface area contributed by atoms with E-state index in [4.69, 9.17) is 14.2 Å². The lowest BCUT2D eigenvalue weighted by Gasteiger charge is -2.26. The van der Waals surface area contributed by atoms with Gasteiger partial charge in [0.1, 0.15) is 29.4 Å². The van der Waals surface area contributed by atoms with Crippen molar-refractivity contribution in [1.82, 2.24) is 10.6 Å². The van der Waals surface area contributed by atoms with Gasteiger partial charge in [0.2, 0.25) is 5.91 Å².